The molecule has 4 atom stereocenters. The lowest BCUT2D eigenvalue weighted by molar-refractivity contribution is -0.161. The van der Waals surface area contributed by atoms with Crippen LogP contribution in [-0.2, 0) is 9.53 Å². The molecular weight excluding hydrogens is 200 g/mol. The molecule has 0 radical (unpaired) electrons. The Morgan fingerprint density at radius 3 is 2.44 bits per heavy atom. The number of ether oxygens (including phenoxy) is 1. The number of carbonyl (C=O) groups excluding carboxylic acids is 1. The van der Waals surface area contributed by atoms with E-state index >= 15 is 0 Å². The Bertz CT molecular complexity index is 284. The van der Waals surface area contributed by atoms with E-state index in [0.29, 0.717) is 17.8 Å². The molecule has 1 saturated carbocycles. The molecule has 1 heterocycles. The van der Waals surface area contributed by atoms with Gasteiger partial charge in [0, 0.05) is 12.3 Å². The van der Waals surface area contributed by atoms with Gasteiger partial charge in [-0.15, -0.1) is 0 Å². The summed E-state index contributed by atoms with van der Waals surface area (Å²) in [5, 5.41) is 0. The smallest absolute Gasteiger partial charge is 0.309 e. The molecule has 2 fully saturated rings. The minimum Gasteiger partial charge on any atom is -0.459 e. The van der Waals surface area contributed by atoms with Gasteiger partial charge in [0.1, 0.15) is 5.60 Å². The topological polar surface area (TPSA) is 26.3 Å². The van der Waals surface area contributed by atoms with Crippen molar-refractivity contribution in [1.82, 2.24) is 0 Å². The summed E-state index contributed by atoms with van der Waals surface area (Å²) in [6, 6.07) is 0. The van der Waals surface area contributed by atoms with Crippen LogP contribution in [0.2, 0.25) is 0 Å². The van der Waals surface area contributed by atoms with Gasteiger partial charge in [0.15, 0.2) is 0 Å². The SMILES string of the molecule is CC1C[C@@]2(C[C@H](C)CC[C@H]2C(C)C)OC1=O. The van der Waals surface area contributed by atoms with Gasteiger partial charge in [0.05, 0.1) is 5.92 Å². The maximum Gasteiger partial charge on any atom is 0.309 e. The second-order valence-corrected chi connectivity index (χ2v) is 6.33. The summed E-state index contributed by atoms with van der Waals surface area (Å²) in [6.45, 7) is 8.82. The summed E-state index contributed by atoms with van der Waals surface area (Å²) in [5.41, 5.74) is -0.123. The van der Waals surface area contributed by atoms with Crippen molar-refractivity contribution in [3.63, 3.8) is 0 Å². The maximum atomic E-state index is 11.7. The molecule has 2 heteroatoms. The van der Waals surface area contributed by atoms with Crippen LogP contribution >= 0.6 is 0 Å². The summed E-state index contributed by atoms with van der Waals surface area (Å²) >= 11 is 0. The number of carbonyl (C=O) groups is 1. The highest BCUT2D eigenvalue weighted by Gasteiger charge is 2.53. The van der Waals surface area contributed by atoms with Gasteiger partial charge in [0.2, 0.25) is 0 Å². The standard InChI is InChI=1S/C14H24O2/c1-9(2)12-6-5-10(3)7-14(12)8-11(4)13(15)16-14/h9-12H,5-8H2,1-4H3/t10-,11?,12+,14-/m1/s1. The van der Waals surface area contributed by atoms with Gasteiger partial charge in [-0.05, 0) is 24.7 Å². The van der Waals surface area contributed by atoms with E-state index in [1.807, 2.05) is 6.92 Å². The van der Waals surface area contributed by atoms with Crippen LogP contribution in [0.5, 0.6) is 0 Å². The Morgan fingerprint density at radius 1 is 1.25 bits per heavy atom. The highest BCUT2D eigenvalue weighted by Crippen LogP contribution is 2.50. The maximum absolute atomic E-state index is 11.7. The first-order chi connectivity index (χ1) is 7.44. The monoisotopic (exact) mass is 224 g/mol. The van der Waals surface area contributed by atoms with E-state index in [2.05, 4.69) is 20.8 Å². The van der Waals surface area contributed by atoms with Crippen LogP contribution in [0.1, 0.15) is 53.4 Å². The first-order valence-corrected chi connectivity index (χ1v) is 6.67. The lowest BCUT2D eigenvalue weighted by atomic mass is 9.65. The van der Waals surface area contributed by atoms with Crippen molar-refractivity contribution in [1.29, 1.82) is 0 Å². The normalized spacial score (nSPS) is 44.1. The summed E-state index contributed by atoms with van der Waals surface area (Å²) in [6.07, 6.45) is 4.53. The quantitative estimate of drug-likeness (QED) is 0.638. The summed E-state index contributed by atoms with van der Waals surface area (Å²) < 4.78 is 5.81. The van der Waals surface area contributed by atoms with Gasteiger partial charge in [-0.3, -0.25) is 4.79 Å². The fraction of sp³-hybridized carbons (Fsp3) is 0.929. The van der Waals surface area contributed by atoms with Crippen molar-refractivity contribution < 1.29 is 9.53 Å². The van der Waals surface area contributed by atoms with Crippen LogP contribution in [0.3, 0.4) is 0 Å². The molecular formula is C14H24O2. The Hall–Kier alpha value is -0.530. The van der Waals surface area contributed by atoms with Crippen molar-refractivity contribution in [2.45, 2.75) is 59.0 Å². The molecule has 1 spiro atoms. The Morgan fingerprint density at radius 2 is 1.94 bits per heavy atom. The van der Waals surface area contributed by atoms with Crippen LogP contribution in [-0.4, -0.2) is 11.6 Å². The molecule has 92 valence electrons. The minimum atomic E-state index is -0.123. The fourth-order valence-corrected chi connectivity index (χ4v) is 3.81. The zero-order valence-electron chi connectivity index (χ0n) is 11.0. The minimum absolute atomic E-state index is 0.0275. The molecule has 2 aliphatic rings. The molecule has 1 saturated heterocycles. The Labute approximate surface area is 98.7 Å². The van der Waals surface area contributed by atoms with Gasteiger partial charge in [0.25, 0.3) is 0 Å². The fourth-order valence-electron chi connectivity index (χ4n) is 3.81. The second-order valence-electron chi connectivity index (χ2n) is 6.33. The van der Waals surface area contributed by atoms with E-state index < -0.39 is 0 Å². The number of esters is 1. The van der Waals surface area contributed by atoms with Crippen LogP contribution in [0.4, 0.5) is 0 Å². The summed E-state index contributed by atoms with van der Waals surface area (Å²) in [5.74, 6) is 2.02. The van der Waals surface area contributed by atoms with E-state index in [1.165, 1.54) is 12.8 Å². The van der Waals surface area contributed by atoms with Gasteiger partial charge in [-0.2, -0.15) is 0 Å². The molecule has 0 N–H and O–H groups in total. The Balaban J connectivity index is 2.23. The van der Waals surface area contributed by atoms with E-state index in [4.69, 9.17) is 4.74 Å². The average molecular weight is 224 g/mol. The highest BCUT2D eigenvalue weighted by atomic mass is 16.6. The van der Waals surface area contributed by atoms with E-state index in [0.717, 1.165) is 12.8 Å². The molecule has 2 rings (SSSR count). The first kappa shape index (κ1) is 11.9. The van der Waals surface area contributed by atoms with Crippen molar-refractivity contribution in [2.75, 3.05) is 0 Å². The average Bonchev–Trinajstić information content (AvgIpc) is 2.41. The van der Waals surface area contributed by atoms with Crippen molar-refractivity contribution >= 4 is 5.97 Å². The summed E-state index contributed by atoms with van der Waals surface area (Å²) in [4.78, 5) is 11.7. The predicted molar refractivity (Wildman–Crippen MR) is 63.9 cm³/mol. The molecule has 0 aromatic rings. The van der Waals surface area contributed by atoms with E-state index in [9.17, 15) is 4.79 Å². The number of hydrogen-bond acceptors (Lipinski definition) is 2. The van der Waals surface area contributed by atoms with E-state index in [-0.39, 0.29) is 17.5 Å². The zero-order chi connectivity index (χ0) is 11.9. The van der Waals surface area contributed by atoms with Gasteiger partial charge in [-0.1, -0.05) is 34.1 Å². The molecule has 1 aliphatic heterocycles. The molecule has 16 heavy (non-hydrogen) atoms. The predicted octanol–water partition coefficient (Wildman–Crippen LogP) is 3.40. The lowest BCUT2D eigenvalue weighted by Gasteiger charge is -2.44. The molecule has 0 bridgehead atoms. The van der Waals surface area contributed by atoms with Crippen molar-refractivity contribution in [3.05, 3.63) is 0 Å². The molecule has 0 aromatic heterocycles. The zero-order valence-corrected chi connectivity index (χ0v) is 11.0. The number of hydrogen-bond donors (Lipinski definition) is 0. The molecule has 0 amide bonds. The van der Waals surface area contributed by atoms with E-state index in [1.54, 1.807) is 0 Å². The van der Waals surface area contributed by atoms with Crippen molar-refractivity contribution in [2.24, 2.45) is 23.7 Å². The van der Waals surface area contributed by atoms with Crippen molar-refractivity contribution in [3.8, 4) is 0 Å². The Kier molecular flexibility index (Phi) is 3.02. The third-order valence-corrected chi connectivity index (χ3v) is 4.50. The highest BCUT2D eigenvalue weighted by molar-refractivity contribution is 5.75. The molecule has 2 nitrogen and oxygen atoms in total. The molecule has 0 aromatic carbocycles. The molecule has 1 unspecified atom stereocenters. The van der Waals surface area contributed by atoms with Crippen LogP contribution in [0, 0.1) is 23.7 Å². The lowest BCUT2D eigenvalue weighted by Crippen LogP contribution is -2.45. The first-order valence-electron chi connectivity index (χ1n) is 6.67. The van der Waals surface area contributed by atoms with Gasteiger partial charge >= 0.3 is 5.97 Å². The van der Waals surface area contributed by atoms with Crippen LogP contribution in [0.15, 0.2) is 0 Å². The van der Waals surface area contributed by atoms with Crippen LogP contribution < -0.4 is 0 Å². The summed E-state index contributed by atoms with van der Waals surface area (Å²) in [7, 11) is 0. The van der Waals surface area contributed by atoms with Gasteiger partial charge in [-0.25, -0.2) is 0 Å². The largest absolute Gasteiger partial charge is 0.459 e. The third kappa shape index (κ3) is 1.87. The number of rotatable bonds is 1. The third-order valence-electron chi connectivity index (χ3n) is 4.50. The van der Waals surface area contributed by atoms with Gasteiger partial charge < -0.3 is 4.74 Å². The van der Waals surface area contributed by atoms with Crippen LogP contribution in [0.25, 0.3) is 0 Å². The molecule has 1 aliphatic carbocycles. The second kappa shape index (κ2) is 4.05.